The Kier molecular flexibility index (Phi) is 18.5. The number of nitrogens with zero attached hydrogens (tertiary/aromatic N) is 1. The van der Waals surface area contributed by atoms with Crippen LogP contribution in [0.25, 0.3) is 0 Å². The van der Waals surface area contributed by atoms with Crippen molar-refractivity contribution in [2.75, 3.05) is 26.8 Å². The molecule has 6 heteroatoms. The van der Waals surface area contributed by atoms with E-state index in [1.54, 1.807) is 0 Å². The molecule has 0 aliphatic heterocycles. The van der Waals surface area contributed by atoms with Gasteiger partial charge in [-0.15, -0.1) is 0 Å². The molecule has 5 nitrogen and oxygen atoms in total. The molecule has 1 N–H and O–H groups in total. The lowest BCUT2D eigenvalue weighted by atomic mass is 10.0. The van der Waals surface area contributed by atoms with Crippen LogP contribution in [-0.2, 0) is 13.6 Å². The normalized spacial score (nSPS) is 14.5. The molecule has 0 aromatic carbocycles. The molecule has 0 aromatic rings. The highest BCUT2D eigenvalue weighted by Gasteiger charge is 2.31. The number of phosphoric acid groups is 1. The minimum Gasteiger partial charge on any atom is -0.320 e. The van der Waals surface area contributed by atoms with Gasteiger partial charge in [0.25, 0.3) is 0 Å². The molecular weight excluding hydrogens is 409 g/mol. The van der Waals surface area contributed by atoms with Gasteiger partial charge in [-0.1, -0.05) is 90.4 Å². The lowest BCUT2D eigenvalue weighted by molar-refractivity contribution is -0.949. The van der Waals surface area contributed by atoms with E-state index < -0.39 is 7.82 Å². The summed E-state index contributed by atoms with van der Waals surface area (Å²) < 4.78 is 23.3. The van der Waals surface area contributed by atoms with Crippen LogP contribution in [-0.4, -0.2) is 48.3 Å². The monoisotopic (exact) mass is 464 g/mol. The van der Waals surface area contributed by atoms with Crippen molar-refractivity contribution in [2.45, 2.75) is 137 Å². The van der Waals surface area contributed by atoms with E-state index in [0.29, 0.717) is 25.2 Å². The Morgan fingerprint density at radius 3 is 1.42 bits per heavy atom. The van der Waals surface area contributed by atoms with Crippen LogP contribution in [0, 0.1) is 0 Å². The van der Waals surface area contributed by atoms with Gasteiger partial charge in [0.15, 0.2) is 0 Å². The topological polar surface area (TPSA) is 55.8 Å². The summed E-state index contributed by atoms with van der Waals surface area (Å²) in [5.74, 6) is 0. The molecule has 0 fully saturated rings. The molecule has 0 saturated heterocycles. The number of quaternary nitrogens is 1. The van der Waals surface area contributed by atoms with Crippen molar-refractivity contribution in [1.82, 2.24) is 0 Å². The maximum atomic E-state index is 12.1. The molecule has 0 bridgehead atoms. The van der Waals surface area contributed by atoms with Crippen LogP contribution in [0.5, 0.6) is 0 Å². The van der Waals surface area contributed by atoms with Gasteiger partial charge in [-0.2, -0.15) is 0 Å². The van der Waals surface area contributed by atoms with Crippen LogP contribution >= 0.6 is 7.82 Å². The molecule has 0 radical (unpaired) electrons. The number of unbranched alkanes of at least 4 members (excludes halogenated alkanes) is 13. The Morgan fingerprint density at radius 1 is 0.677 bits per heavy atom. The molecule has 188 valence electrons. The molecule has 0 aliphatic rings. The third-order valence-electron chi connectivity index (χ3n) is 6.94. The lowest BCUT2D eigenvalue weighted by Crippen LogP contribution is -2.56. The van der Waals surface area contributed by atoms with E-state index in [1.165, 1.54) is 77.0 Å². The second kappa shape index (κ2) is 18.5. The quantitative estimate of drug-likeness (QED) is 0.101. The molecule has 0 aliphatic carbocycles. The standard InChI is InChI=1S/C25H54NO4P/c1-7-8-9-10-11-12-13-14-15-16-17-18-19-20-22-29-31(27,28)30-23-21-26(6,24(2)3)25(4)5/h24-25H,7-23H2,1-6H3/p+1. The highest BCUT2D eigenvalue weighted by atomic mass is 31.2. The van der Waals surface area contributed by atoms with Crippen molar-refractivity contribution in [1.29, 1.82) is 0 Å². The first kappa shape index (κ1) is 31.1. The maximum Gasteiger partial charge on any atom is 0.472 e. The zero-order chi connectivity index (χ0) is 23.6. The minimum atomic E-state index is -3.94. The van der Waals surface area contributed by atoms with Gasteiger partial charge in [0.05, 0.1) is 25.7 Å². The Morgan fingerprint density at radius 2 is 1.03 bits per heavy atom. The fraction of sp³-hybridized carbons (Fsp3) is 1.00. The van der Waals surface area contributed by atoms with Crippen LogP contribution in [0.3, 0.4) is 0 Å². The highest BCUT2D eigenvalue weighted by molar-refractivity contribution is 7.47. The molecule has 0 aromatic heterocycles. The lowest BCUT2D eigenvalue weighted by Gasteiger charge is -2.42. The molecule has 31 heavy (non-hydrogen) atoms. The summed E-state index contributed by atoms with van der Waals surface area (Å²) in [4.78, 5) is 9.90. The van der Waals surface area contributed by atoms with Crippen LogP contribution in [0.2, 0.25) is 0 Å². The van der Waals surface area contributed by atoms with Crippen LogP contribution in [0.4, 0.5) is 0 Å². The van der Waals surface area contributed by atoms with Gasteiger partial charge in [-0.05, 0) is 34.1 Å². The number of hydrogen-bond acceptors (Lipinski definition) is 3. The Balaban J connectivity index is 3.60. The second-order valence-electron chi connectivity index (χ2n) is 9.99. The summed E-state index contributed by atoms with van der Waals surface area (Å²) in [6.45, 7) is 12.2. The maximum absolute atomic E-state index is 12.1. The molecule has 0 amide bonds. The Hall–Kier alpha value is 0.0700. The fourth-order valence-electron chi connectivity index (χ4n) is 3.98. The molecule has 0 heterocycles. The number of rotatable bonds is 22. The molecule has 0 spiro atoms. The van der Waals surface area contributed by atoms with E-state index in [9.17, 15) is 9.46 Å². The number of hydrogen-bond donors (Lipinski definition) is 1. The Bertz CT molecular complexity index is 449. The molecule has 1 unspecified atom stereocenters. The average Bonchev–Trinajstić information content (AvgIpc) is 2.70. The third-order valence-corrected chi connectivity index (χ3v) is 7.96. The summed E-state index contributed by atoms with van der Waals surface area (Å²) >= 11 is 0. The van der Waals surface area contributed by atoms with Crippen molar-refractivity contribution in [3.8, 4) is 0 Å². The van der Waals surface area contributed by atoms with E-state index in [4.69, 9.17) is 9.05 Å². The molecule has 0 saturated carbocycles. The minimum absolute atomic E-state index is 0.235. The van der Waals surface area contributed by atoms with Gasteiger partial charge in [-0.25, -0.2) is 4.57 Å². The van der Waals surface area contributed by atoms with Crippen molar-refractivity contribution in [3.63, 3.8) is 0 Å². The predicted molar refractivity (Wildman–Crippen MR) is 133 cm³/mol. The van der Waals surface area contributed by atoms with Gasteiger partial charge in [0.2, 0.25) is 0 Å². The van der Waals surface area contributed by atoms with E-state index in [2.05, 4.69) is 41.7 Å². The van der Waals surface area contributed by atoms with Crippen LogP contribution in [0.1, 0.15) is 125 Å². The largest absolute Gasteiger partial charge is 0.472 e. The smallest absolute Gasteiger partial charge is 0.320 e. The first-order valence-corrected chi connectivity index (χ1v) is 14.6. The van der Waals surface area contributed by atoms with Gasteiger partial charge in [0.1, 0.15) is 13.2 Å². The van der Waals surface area contributed by atoms with Crippen molar-refractivity contribution >= 4 is 7.82 Å². The zero-order valence-corrected chi connectivity index (χ0v) is 22.6. The summed E-state index contributed by atoms with van der Waals surface area (Å²) in [6, 6.07) is 0.858. The molecular formula is C25H55NO4P+. The average molecular weight is 465 g/mol. The summed E-state index contributed by atoms with van der Waals surface area (Å²) in [5, 5.41) is 0. The summed E-state index contributed by atoms with van der Waals surface area (Å²) in [7, 11) is -1.77. The van der Waals surface area contributed by atoms with E-state index >= 15 is 0 Å². The number of likely N-dealkylation sites (N-methyl/N-ethyl adjacent to an activating group) is 1. The van der Waals surface area contributed by atoms with Crippen molar-refractivity contribution in [2.24, 2.45) is 0 Å². The fourth-order valence-corrected chi connectivity index (χ4v) is 4.73. The summed E-state index contributed by atoms with van der Waals surface area (Å²) in [5.41, 5.74) is 0. The van der Waals surface area contributed by atoms with Crippen molar-refractivity contribution < 1.29 is 23.0 Å². The first-order valence-electron chi connectivity index (χ1n) is 13.1. The second-order valence-corrected chi connectivity index (χ2v) is 11.4. The van der Waals surface area contributed by atoms with Gasteiger partial charge < -0.3 is 9.38 Å². The Labute approximate surface area is 194 Å². The SMILES string of the molecule is CCCCCCCCCCCCCCCCOP(=O)(O)OCC[N+](C)(C(C)C)C(C)C. The first-order chi connectivity index (χ1) is 14.7. The highest BCUT2D eigenvalue weighted by Crippen LogP contribution is 2.43. The third kappa shape index (κ3) is 16.3. The van der Waals surface area contributed by atoms with Gasteiger partial charge >= 0.3 is 7.82 Å². The summed E-state index contributed by atoms with van der Waals surface area (Å²) in [6.07, 6.45) is 18.1. The predicted octanol–water partition coefficient (Wildman–Crippen LogP) is 7.86. The van der Waals surface area contributed by atoms with Crippen LogP contribution < -0.4 is 0 Å². The van der Waals surface area contributed by atoms with E-state index in [-0.39, 0.29) is 6.61 Å². The van der Waals surface area contributed by atoms with E-state index in [1.807, 2.05) is 0 Å². The number of phosphoric ester groups is 1. The van der Waals surface area contributed by atoms with Crippen LogP contribution in [0.15, 0.2) is 0 Å². The zero-order valence-electron chi connectivity index (χ0n) is 21.7. The molecule has 1 atom stereocenters. The molecule has 0 rings (SSSR count). The van der Waals surface area contributed by atoms with Crippen molar-refractivity contribution in [3.05, 3.63) is 0 Å². The van der Waals surface area contributed by atoms with E-state index in [0.717, 1.165) is 17.3 Å². The van der Waals surface area contributed by atoms with Gasteiger partial charge in [0, 0.05) is 0 Å². The van der Waals surface area contributed by atoms with Gasteiger partial charge in [-0.3, -0.25) is 9.05 Å².